The number of carbonyl (C=O) groups is 3. The van der Waals surface area contributed by atoms with Gasteiger partial charge in [-0.2, -0.15) is 0 Å². The van der Waals surface area contributed by atoms with E-state index < -0.39 is 5.92 Å². The molecule has 3 aliphatic rings. The molecule has 0 aliphatic heterocycles. The van der Waals surface area contributed by atoms with E-state index in [1.807, 2.05) is 0 Å². The Labute approximate surface area is 315 Å². The van der Waals surface area contributed by atoms with Gasteiger partial charge in [0.25, 0.3) is 0 Å². The van der Waals surface area contributed by atoms with Crippen LogP contribution in [0.3, 0.4) is 0 Å². The van der Waals surface area contributed by atoms with Crippen LogP contribution in [0.4, 0.5) is 0 Å². The van der Waals surface area contributed by atoms with Crippen molar-refractivity contribution in [3.8, 4) is 0 Å². The lowest BCUT2D eigenvalue weighted by Crippen LogP contribution is -2.46. The van der Waals surface area contributed by atoms with Gasteiger partial charge in [0.1, 0.15) is 0 Å². The van der Waals surface area contributed by atoms with Crippen molar-refractivity contribution in [2.75, 3.05) is 0 Å². The van der Waals surface area contributed by atoms with Crippen molar-refractivity contribution in [1.29, 1.82) is 0 Å². The molecule has 3 rings (SSSR count). The molecule has 0 spiro atoms. The SMILES string of the molecule is CCCCCCCC1CCC(NC(=O)CC(CC(=O)NC2CCC(CCCCCCC)CC2)C(=O)NC2CCC(CCCCCCC)CC2)CC1. The molecule has 3 amide bonds. The molecule has 0 aromatic heterocycles. The smallest absolute Gasteiger partial charge is 0.224 e. The molecule has 0 unspecified atom stereocenters. The van der Waals surface area contributed by atoms with Gasteiger partial charge < -0.3 is 16.0 Å². The van der Waals surface area contributed by atoms with Crippen LogP contribution in [0.1, 0.15) is 226 Å². The van der Waals surface area contributed by atoms with Crippen molar-refractivity contribution in [2.24, 2.45) is 23.7 Å². The van der Waals surface area contributed by atoms with Gasteiger partial charge in [-0.05, 0) is 94.8 Å². The first-order valence-electron chi connectivity index (χ1n) is 22.8. The van der Waals surface area contributed by atoms with Gasteiger partial charge in [0.05, 0.1) is 5.92 Å². The van der Waals surface area contributed by atoms with E-state index in [0.29, 0.717) is 0 Å². The zero-order valence-electron chi connectivity index (χ0n) is 33.9. The Kier molecular flexibility index (Phi) is 23.2. The van der Waals surface area contributed by atoms with Crippen LogP contribution in [-0.2, 0) is 14.4 Å². The Balaban J connectivity index is 1.45. The van der Waals surface area contributed by atoms with Crippen molar-refractivity contribution in [3.63, 3.8) is 0 Å². The number of nitrogens with one attached hydrogen (secondary N) is 3. The first-order valence-corrected chi connectivity index (χ1v) is 22.8. The maximum absolute atomic E-state index is 13.8. The molecule has 0 atom stereocenters. The van der Waals surface area contributed by atoms with Crippen LogP contribution in [0.5, 0.6) is 0 Å². The number of hydrogen-bond donors (Lipinski definition) is 3. The van der Waals surface area contributed by atoms with Crippen molar-refractivity contribution in [3.05, 3.63) is 0 Å². The average Bonchev–Trinajstić information content (AvgIpc) is 3.13. The third-order valence-corrected chi connectivity index (χ3v) is 13.0. The van der Waals surface area contributed by atoms with Crippen molar-refractivity contribution < 1.29 is 14.4 Å². The highest BCUT2D eigenvalue weighted by Crippen LogP contribution is 2.31. The topological polar surface area (TPSA) is 87.3 Å². The summed E-state index contributed by atoms with van der Waals surface area (Å²) in [5, 5.41) is 9.89. The molecule has 0 bridgehead atoms. The maximum atomic E-state index is 13.8. The standard InChI is InChI=1S/C45H83N3O3/c1-4-7-10-13-16-19-36-22-28-40(29-23-36)46-43(49)34-39(45(51)48-42-32-26-38(27-33-42)21-18-15-12-9-6-3)35-44(50)47-41-30-24-37(25-31-41)20-17-14-11-8-5-2/h36-42H,4-35H2,1-3H3,(H,46,49)(H,47,50)(H,48,51). The molecule has 0 radical (unpaired) electrons. The molecule has 0 saturated heterocycles. The molecular formula is C45H83N3O3. The monoisotopic (exact) mass is 714 g/mol. The molecule has 51 heavy (non-hydrogen) atoms. The van der Waals surface area contributed by atoms with Crippen molar-refractivity contribution in [2.45, 2.75) is 244 Å². The molecule has 3 N–H and O–H groups in total. The van der Waals surface area contributed by atoms with Crippen LogP contribution >= 0.6 is 0 Å². The van der Waals surface area contributed by atoms with Gasteiger partial charge in [-0.3, -0.25) is 14.4 Å². The lowest BCUT2D eigenvalue weighted by atomic mass is 9.82. The van der Waals surface area contributed by atoms with E-state index in [0.717, 1.165) is 56.3 Å². The maximum Gasteiger partial charge on any atom is 0.224 e. The molecular weight excluding hydrogens is 631 g/mol. The minimum absolute atomic E-state index is 0.0582. The van der Waals surface area contributed by atoms with Gasteiger partial charge in [-0.25, -0.2) is 0 Å². The van der Waals surface area contributed by atoms with E-state index in [2.05, 4.69) is 36.7 Å². The molecule has 3 saturated carbocycles. The first kappa shape index (κ1) is 43.8. The zero-order chi connectivity index (χ0) is 36.5. The number of carbonyl (C=O) groups excluding carboxylic acids is 3. The van der Waals surface area contributed by atoms with Gasteiger partial charge in [0, 0.05) is 31.0 Å². The largest absolute Gasteiger partial charge is 0.353 e. The van der Waals surface area contributed by atoms with Crippen LogP contribution in [0.25, 0.3) is 0 Å². The van der Waals surface area contributed by atoms with E-state index >= 15 is 0 Å². The Bertz CT molecular complexity index is 866. The lowest BCUT2D eigenvalue weighted by molar-refractivity contribution is -0.134. The summed E-state index contributed by atoms with van der Waals surface area (Å²) in [4.78, 5) is 40.6. The summed E-state index contributed by atoms with van der Waals surface area (Å²) in [6, 6.07) is 0.563. The van der Waals surface area contributed by atoms with E-state index in [-0.39, 0.29) is 48.7 Å². The van der Waals surface area contributed by atoms with E-state index in [9.17, 15) is 14.4 Å². The average molecular weight is 714 g/mol. The minimum Gasteiger partial charge on any atom is -0.353 e. The summed E-state index contributed by atoms with van der Waals surface area (Å²) < 4.78 is 0. The fourth-order valence-corrected chi connectivity index (χ4v) is 9.49. The van der Waals surface area contributed by atoms with Gasteiger partial charge in [0.2, 0.25) is 17.7 Å². The Hall–Kier alpha value is -1.59. The molecule has 3 fully saturated rings. The lowest BCUT2D eigenvalue weighted by Gasteiger charge is -2.31. The molecule has 0 heterocycles. The molecule has 296 valence electrons. The second kappa shape index (κ2) is 27.1. The molecule has 0 aromatic carbocycles. The van der Waals surface area contributed by atoms with Gasteiger partial charge >= 0.3 is 0 Å². The summed E-state index contributed by atoms with van der Waals surface area (Å²) >= 11 is 0. The summed E-state index contributed by atoms with van der Waals surface area (Å²) in [6.45, 7) is 6.80. The summed E-state index contributed by atoms with van der Waals surface area (Å²) in [5.41, 5.74) is 0. The quantitative estimate of drug-likeness (QED) is 0.0780. The van der Waals surface area contributed by atoms with Crippen LogP contribution in [0.2, 0.25) is 0 Å². The molecule has 6 nitrogen and oxygen atoms in total. The third-order valence-electron chi connectivity index (χ3n) is 13.0. The zero-order valence-corrected chi connectivity index (χ0v) is 33.9. The predicted molar refractivity (Wildman–Crippen MR) is 215 cm³/mol. The van der Waals surface area contributed by atoms with E-state index in [4.69, 9.17) is 0 Å². The third kappa shape index (κ3) is 19.3. The number of hydrogen-bond acceptors (Lipinski definition) is 3. The van der Waals surface area contributed by atoms with Crippen LogP contribution in [-0.4, -0.2) is 35.8 Å². The number of rotatable bonds is 26. The van der Waals surface area contributed by atoms with Gasteiger partial charge in [-0.15, -0.1) is 0 Å². The van der Waals surface area contributed by atoms with E-state index in [1.165, 1.54) is 154 Å². The van der Waals surface area contributed by atoms with Crippen LogP contribution in [0, 0.1) is 23.7 Å². The summed E-state index contributed by atoms with van der Waals surface area (Å²) in [7, 11) is 0. The van der Waals surface area contributed by atoms with Crippen LogP contribution < -0.4 is 16.0 Å². The van der Waals surface area contributed by atoms with Crippen molar-refractivity contribution in [1.82, 2.24) is 16.0 Å². The van der Waals surface area contributed by atoms with Crippen molar-refractivity contribution >= 4 is 17.7 Å². The highest BCUT2D eigenvalue weighted by atomic mass is 16.2. The fourth-order valence-electron chi connectivity index (χ4n) is 9.49. The van der Waals surface area contributed by atoms with Crippen LogP contribution in [0.15, 0.2) is 0 Å². The van der Waals surface area contributed by atoms with Gasteiger partial charge in [-0.1, -0.05) is 136 Å². The Morgan fingerprint density at radius 3 is 1.02 bits per heavy atom. The van der Waals surface area contributed by atoms with E-state index in [1.54, 1.807) is 0 Å². The summed E-state index contributed by atoms with van der Waals surface area (Å²) in [6.07, 6.45) is 37.4. The fraction of sp³-hybridized carbons (Fsp3) is 0.933. The highest BCUT2D eigenvalue weighted by Gasteiger charge is 2.31. The molecule has 0 aromatic rings. The Morgan fingerprint density at radius 2 is 0.706 bits per heavy atom. The molecule has 6 heteroatoms. The second-order valence-corrected chi connectivity index (χ2v) is 17.5. The second-order valence-electron chi connectivity index (χ2n) is 17.5. The molecule has 3 aliphatic carbocycles. The number of amides is 3. The number of unbranched alkanes of at least 4 members (excludes halogenated alkanes) is 12. The normalized spacial score (nSPS) is 25.9. The first-order chi connectivity index (χ1) is 24.9. The Morgan fingerprint density at radius 1 is 0.412 bits per heavy atom. The van der Waals surface area contributed by atoms with Gasteiger partial charge in [0.15, 0.2) is 0 Å². The predicted octanol–water partition coefficient (Wildman–Crippen LogP) is 11.5. The minimum atomic E-state index is -0.611. The highest BCUT2D eigenvalue weighted by molar-refractivity contribution is 5.90. The summed E-state index contributed by atoms with van der Waals surface area (Å²) in [5.74, 6) is 1.54.